The molecule has 2 amide bonds. The van der Waals surface area contributed by atoms with E-state index >= 15 is 0 Å². The van der Waals surface area contributed by atoms with E-state index in [2.05, 4.69) is 27.0 Å². The lowest BCUT2D eigenvalue weighted by Crippen LogP contribution is -2.71. The second kappa shape index (κ2) is 10.8. The van der Waals surface area contributed by atoms with Gasteiger partial charge >= 0.3 is 13.4 Å². The number of carbonyl (C=O) groups is 1. The summed E-state index contributed by atoms with van der Waals surface area (Å²) in [6.07, 6.45) is 16.8. The Morgan fingerprint density at radius 3 is 2.51 bits per heavy atom. The topological polar surface area (TPSA) is 88.9 Å². The molecule has 6 heterocycles. The molecule has 2 saturated heterocycles. The number of amides is 2. The van der Waals surface area contributed by atoms with Crippen molar-refractivity contribution in [2.24, 2.45) is 16.7 Å². The molecule has 5 aliphatic rings. The number of unbranched alkanes of at least 4 members (excludes halogenated alkanes) is 1. The van der Waals surface area contributed by atoms with Gasteiger partial charge in [0.25, 0.3) is 0 Å². The van der Waals surface area contributed by atoms with Crippen LogP contribution < -0.4 is 0 Å². The van der Waals surface area contributed by atoms with Crippen molar-refractivity contribution in [2.45, 2.75) is 64.3 Å². The van der Waals surface area contributed by atoms with Crippen LogP contribution in [0, 0.1) is 16.7 Å². The zero-order valence-electron chi connectivity index (χ0n) is 25.8. The summed E-state index contributed by atoms with van der Waals surface area (Å²) in [4.78, 5) is 28.4. The highest BCUT2D eigenvalue weighted by atomic mass is 19.2. The molecule has 3 aromatic heterocycles. The number of allylic oxidation sites excluding steroid dienone is 3. The number of urea groups is 1. The van der Waals surface area contributed by atoms with E-state index in [0.29, 0.717) is 17.7 Å². The fourth-order valence-corrected chi connectivity index (χ4v) is 8.57. The van der Waals surface area contributed by atoms with E-state index in [9.17, 15) is 13.4 Å². The minimum absolute atomic E-state index is 0.172. The summed E-state index contributed by atoms with van der Waals surface area (Å²) in [5, 5.41) is 4.69. The van der Waals surface area contributed by atoms with Gasteiger partial charge in [0.15, 0.2) is 11.5 Å². The molecule has 4 fully saturated rings. The first kappa shape index (κ1) is 28.5. The lowest BCUT2D eigenvalue weighted by Gasteiger charge is -2.63. The normalized spacial score (nSPS) is 22.7. The third kappa shape index (κ3) is 5.06. The second-order valence-corrected chi connectivity index (χ2v) is 14.2. The maximum absolute atomic E-state index is 13.9. The predicted octanol–water partition coefficient (Wildman–Crippen LogP) is 5.79. The Kier molecular flexibility index (Phi) is 6.87. The van der Waals surface area contributed by atoms with Crippen molar-refractivity contribution >= 4 is 25.2 Å². The summed E-state index contributed by atoms with van der Waals surface area (Å²) in [6, 6.07) is 8.49. The standard InChI is InChI=1S/C33H39BF2N8O/c1-2-3-8-30-38-22-44(40-30)24-16-33(17-24)20-42(21-33)31(45)41-18-32(19-41)14-23(15-32)13-25(29-7-5-12-43(29)34(35)36)26-9-10-28(39-26)27-6-4-11-37-27/h4-7,9-12,22-24H,2-3,8,13-21H2,1H3,(H,37,39)/p+1. The van der Waals surface area contributed by atoms with Crippen molar-refractivity contribution < 1.29 is 17.9 Å². The number of likely N-dealkylation sites (tertiary alicyclic amines) is 2. The molecule has 3 aliphatic heterocycles. The summed E-state index contributed by atoms with van der Waals surface area (Å²) >= 11 is 0. The van der Waals surface area contributed by atoms with Crippen LogP contribution in [0.5, 0.6) is 0 Å². The summed E-state index contributed by atoms with van der Waals surface area (Å²) in [5.74, 6) is 1.34. The van der Waals surface area contributed by atoms with Crippen LogP contribution in [0.3, 0.4) is 0 Å². The first-order chi connectivity index (χ1) is 21.8. The molecule has 2 aliphatic carbocycles. The fraction of sp³-hybridized carbons (Fsp3) is 0.515. The van der Waals surface area contributed by atoms with Gasteiger partial charge < -0.3 is 19.8 Å². The molecule has 9 nitrogen and oxygen atoms in total. The van der Waals surface area contributed by atoms with Gasteiger partial charge in [0.05, 0.1) is 17.4 Å². The van der Waals surface area contributed by atoms with E-state index in [4.69, 9.17) is 0 Å². The number of aromatic amines is 2. The summed E-state index contributed by atoms with van der Waals surface area (Å²) < 4.78 is 30.9. The molecule has 12 heteroatoms. The van der Waals surface area contributed by atoms with E-state index in [1.54, 1.807) is 12.2 Å². The smallest absolute Gasteiger partial charge is 0.360 e. The van der Waals surface area contributed by atoms with Crippen molar-refractivity contribution in [3.05, 3.63) is 66.2 Å². The number of halogens is 2. The number of aryl methyl sites for hydroxylation is 1. The highest BCUT2D eigenvalue weighted by Gasteiger charge is 2.58. The van der Waals surface area contributed by atoms with Gasteiger partial charge in [0.1, 0.15) is 12.5 Å². The molecule has 2 N–H and O–H groups in total. The molecule has 0 radical (unpaired) electrons. The second-order valence-electron chi connectivity index (χ2n) is 14.2. The fourth-order valence-electron chi connectivity index (χ4n) is 8.57. The Morgan fingerprint density at radius 1 is 1.07 bits per heavy atom. The van der Waals surface area contributed by atoms with Crippen molar-refractivity contribution in [2.75, 3.05) is 26.2 Å². The van der Waals surface area contributed by atoms with Crippen LogP contribution in [0.2, 0.25) is 0 Å². The van der Waals surface area contributed by atoms with Crippen LogP contribution in [0.4, 0.5) is 13.4 Å². The SMILES string of the molecule is CCCCc1ncn(C2CC3(C2)CN(C(=O)N2CC4(CC(C/C(=C5\C=CC=[N+]5B(F)F)c5ccc(-c6ccc[nH]6)[nH]5)C4)C2)C3)n1. The van der Waals surface area contributed by atoms with Gasteiger partial charge in [-0.1, -0.05) is 13.3 Å². The zero-order valence-corrected chi connectivity index (χ0v) is 25.8. The van der Waals surface area contributed by atoms with Crippen molar-refractivity contribution in [3.8, 4) is 11.4 Å². The first-order valence-electron chi connectivity index (χ1n) is 16.4. The van der Waals surface area contributed by atoms with Crippen LogP contribution in [0.25, 0.3) is 17.0 Å². The zero-order chi connectivity index (χ0) is 30.8. The third-order valence-electron chi connectivity index (χ3n) is 10.8. The molecule has 0 atom stereocenters. The van der Waals surface area contributed by atoms with Crippen LogP contribution in [-0.4, -0.2) is 84.8 Å². The molecule has 0 unspecified atom stereocenters. The highest BCUT2D eigenvalue weighted by molar-refractivity contribution is 6.34. The highest BCUT2D eigenvalue weighted by Crippen LogP contribution is 2.57. The lowest BCUT2D eigenvalue weighted by molar-refractivity contribution is -0.336. The third-order valence-corrected chi connectivity index (χ3v) is 10.8. The molecule has 2 saturated carbocycles. The van der Waals surface area contributed by atoms with Gasteiger partial charge in [-0.25, -0.2) is 27.6 Å². The van der Waals surface area contributed by atoms with E-state index in [-0.39, 0.29) is 16.9 Å². The average molecular weight is 614 g/mol. The van der Waals surface area contributed by atoms with Gasteiger partial charge in [-0.2, -0.15) is 5.10 Å². The monoisotopic (exact) mass is 613 g/mol. The van der Waals surface area contributed by atoms with Crippen LogP contribution in [0.1, 0.15) is 69.4 Å². The van der Waals surface area contributed by atoms with Gasteiger partial charge in [0.2, 0.25) is 0 Å². The number of nitrogens with zero attached hydrogens (tertiary/aromatic N) is 6. The minimum atomic E-state index is -2.60. The maximum Gasteiger partial charge on any atom is 0.934 e. The van der Waals surface area contributed by atoms with Gasteiger partial charge in [0, 0.05) is 73.0 Å². The van der Waals surface area contributed by atoms with Crippen LogP contribution in [-0.2, 0) is 6.42 Å². The van der Waals surface area contributed by atoms with Gasteiger partial charge in [-0.05, 0) is 68.7 Å². The predicted molar refractivity (Wildman–Crippen MR) is 169 cm³/mol. The van der Waals surface area contributed by atoms with Crippen molar-refractivity contribution in [1.29, 1.82) is 0 Å². The number of hydrogen-bond donors (Lipinski definition) is 2. The first-order valence-corrected chi connectivity index (χ1v) is 16.4. The Bertz CT molecular complexity index is 1660. The van der Waals surface area contributed by atoms with E-state index in [0.717, 1.165) is 111 Å². The summed E-state index contributed by atoms with van der Waals surface area (Å²) in [5.41, 5.74) is 4.66. The Hall–Kier alpha value is -3.96. The largest absolute Gasteiger partial charge is 0.934 e. The number of nitrogens with one attached hydrogen (secondary N) is 2. The molecule has 2 spiro atoms. The quantitative estimate of drug-likeness (QED) is 0.300. The van der Waals surface area contributed by atoms with Crippen LogP contribution >= 0.6 is 0 Å². The number of carbonyl (C=O) groups excluding carboxylic acids is 1. The molecule has 45 heavy (non-hydrogen) atoms. The Balaban J connectivity index is 0.844. The maximum atomic E-state index is 13.9. The minimum Gasteiger partial charge on any atom is -0.360 e. The molecular formula is C33H40BF2N8O+. The number of aromatic nitrogens is 5. The molecule has 3 aromatic rings. The lowest BCUT2D eigenvalue weighted by atomic mass is 9.56. The molecule has 234 valence electrons. The summed E-state index contributed by atoms with van der Waals surface area (Å²) in [7, 11) is -2.60. The molecule has 0 bridgehead atoms. The van der Waals surface area contributed by atoms with Gasteiger partial charge in [-0.15, -0.1) is 0 Å². The Labute approximate surface area is 262 Å². The number of rotatable bonds is 9. The molecular weight excluding hydrogens is 573 g/mol. The number of H-pyrrole nitrogens is 2. The van der Waals surface area contributed by atoms with E-state index in [1.165, 1.54) is 6.21 Å². The van der Waals surface area contributed by atoms with E-state index < -0.39 is 7.40 Å². The van der Waals surface area contributed by atoms with Gasteiger partial charge in [-0.3, -0.25) is 0 Å². The van der Waals surface area contributed by atoms with Crippen molar-refractivity contribution in [3.63, 3.8) is 0 Å². The summed E-state index contributed by atoms with van der Waals surface area (Å²) in [6.45, 7) is 5.47. The number of hydrogen-bond acceptors (Lipinski definition) is 3. The van der Waals surface area contributed by atoms with Crippen molar-refractivity contribution in [1.82, 2.24) is 34.5 Å². The Morgan fingerprint density at radius 2 is 1.82 bits per heavy atom. The van der Waals surface area contributed by atoms with E-state index in [1.807, 2.05) is 51.3 Å². The molecule has 0 aromatic carbocycles. The molecule has 8 rings (SSSR count). The average Bonchev–Trinajstić information content (AvgIpc) is 3.75. The van der Waals surface area contributed by atoms with Crippen LogP contribution in [0.15, 0.2) is 54.6 Å².